The Hall–Kier alpha value is -2.26. The highest BCUT2D eigenvalue weighted by molar-refractivity contribution is 5.95. The number of rotatable bonds is 3. The lowest BCUT2D eigenvalue weighted by Gasteiger charge is -2.08. The maximum absolute atomic E-state index is 5.25. The maximum Gasteiger partial charge on any atom is 0.121 e. The van der Waals surface area contributed by atoms with Gasteiger partial charge in [0.15, 0.2) is 0 Å². The van der Waals surface area contributed by atoms with Crippen LogP contribution in [-0.2, 0) is 0 Å². The number of benzene rings is 2. The fraction of sp³-hybridized carbons (Fsp3) is 0.118. The topological polar surface area (TPSA) is 34.2 Å². The third kappa shape index (κ3) is 2.93. The number of hydrogen-bond acceptors (Lipinski definition) is 3. The van der Waals surface area contributed by atoms with Crippen molar-refractivity contribution in [2.75, 3.05) is 19.5 Å². The number of nitrogens with zero attached hydrogens (tertiary/aromatic N) is 1. The van der Waals surface area contributed by atoms with Crippen LogP contribution in [0.25, 0.3) is 22.0 Å². The smallest absolute Gasteiger partial charge is 0.121 e. The summed E-state index contributed by atoms with van der Waals surface area (Å²) in [6.45, 7) is 0. The number of ether oxygens (including phenoxy) is 1. The summed E-state index contributed by atoms with van der Waals surface area (Å²) in [5, 5.41) is 4.26. The van der Waals surface area contributed by atoms with Gasteiger partial charge in [0, 0.05) is 30.4 Å². The molecule has 3 nitrogen and oxygen atoms in total. The zero-order valence-electron chi connectivity index (χ0n) is 12.0. The second-order valence-corrected chi connectivity index (χ2v) is 4.57. The molecule has 0 spiro atoms. The third-order valence-corrected chi connectivity index (χ3v) is 3.43. The molecular formula is C17H17ClN2O. The van der Waals surface area contributed by atoms with E-state index in [0.717, 1.165) is 22.3 Å². The van der Waals surface area contributed by atoms with Crippen LogP contribution in [0.4, 0.5) is 5.69 Å². The first-order chi connectivity index (χ1) is 9.81. The van der Waals surface area contributed by atoms with Crippen molar-refractivity contribution in [1.29, 1.82) is 0 Å². The molecule has 1 aromatic heterocycles. The number of methoxy groups -OCH3 is 1. The number of anilines is 1. The molecule has 0 aliphatic rings. The first-order valence-electron chi connectivity index (χ1n) is 6.53. The van der Waals surface area contributed by atoms with E-state index in [-0.39, 0.29) is 12.4 Å². The highest BCUT2D eigenvalue weighted by Gasteiger charge is 2.05. The van der Waals surface area contributed by atoms with Gasteiger partial charge >= 0.3 is 0 Å². The quantitative estimate of drug-likeness (QED) is 0.779. The van der Waals surface area contributed by atoms with E-state index in [2.05, 4.69) is 40.6 Å². The van der Waals surface area contributed by atoms with E-state index in [9.17, 15) is 0 Å². The molecule has 4 heteroatoms. The van der Waals surface area contributed by atoms with Gasteiger partial charge in [0.2, 0.25) is 0 Å². The van der Waals surface area contributed by atoms with E-state index < -0.39 is 0 Å². The van der Waals surface area contributed by atoms with Crippen LogP contribution in [0, 0.1) is 0 Å². The number of halogens is 1. The van der Waals surface area contributed by atoms with Gasteiger partial charge in [-0.15, -0.1) is 12.4 Å². The third-order valence-electron chi connectivity index (χ3n) is 3.43. The van der Waals surface area contributed by atoms with E-state index in [0.29, 0.717) is 0 Å². The lowest BCUT2D eigenvalue weighted by atomic mass is 10.0. The summed E-state index contributed by atoms with van der Waals surface area (Å²) in [6, 6.07) is 16.4. The molecule has 0 atom stereocenters. The number of nitrogens with one attached hydrogen (secondary N) is 1. The maximum atomic E-state index is 5.25. The van der Waals surface area contributed by atoms with Gasteiger partial charge in [-0.3, -0.25) is 4.98 Å². The molecule has 3 aromatic rings. The van der Waals surface area contributed by atoms with Crippen LogP contribution in [-0.4, -0.2) is 19.1 Å². The number of pyridine rings is 1. The molecular weight excluding hydrogens is 284 g/mol. The van der Waals surface area contributed by atoms with Gasteiger partial charge in [-0.25, -0.2) is 0 Å². The molecule has 0 aliphatic heterocycles. The monoisotopic (exact) mass is 300 g/mol. The normalized spacial score (nSPS) is 10.0. The van der Waals surface area contributed by atoms with Crippen molar-refractivity contribution in [2.45, 2.75) is 0 Å². The van der Waals surface area contributed by atoms with E-state index in [1.165, 1.54) is 11.1 Å². The Morgan fingerprint density at radius 2 is 1.76 bits per heavy atom. The molecule has 0 aliphatic carbocycles. The molecule has 0 fully saturated rings. The largest absolute Gasteiger partial charge is 0.497 e. The molecule has 0 saturated carbocycles. The van der Waals surface area contributed by atoms with E-state index in [4.69, 9.17) is 4.74 Å². The second-order valence-electron chi connectivity index (χ2n) is 4.57. The minimum absolute atomic E-state index is 0. The molecule has 1 N–H and O–H groups in total. The summed E-state index contributed by atoms with van der Waals surface area (Å²) in [5.41, 5.74) is 4.41. The molecule has 0 saturated heterocycles. The molecule has 1 heterocycles. The molecule has 3 rings (SSSR count). The van der Waals surface area contributed by atoms with Crippen LogP contribution in [0.15, 0.2) is 54.7 Å². The minimum Gasteiger partial charge on any atom is -0.497 e. The molecule has 0 radical (unpaired) electrons. The summed E-state index contributed by atoms with van der Waals surface area (Å²) in [5.74, 6) is 0.827. The van der Waals surface area contributed by atoms with Crippen molar-refractivity contribution >= 4 is 29.0 Å². The molecule has 0 unspecified atom stereocenters. The van der Waals surface area contributed by atoms with Crippen molar-refractivity contribution in [1.82, 2.24) is 4.98 Å². The molecule has 0 bridgehead atoms. The standard InChI is InChI=1S/C17H16N2O.ClH/c1-18-13-5-3-12(4-6-13)15-9-10-19-17-11-14(20-2)7-8-16(15)17;/h3-11,18H,1-2H3;1H. The first-order valence-corrected chi connectivity index (χ1v) is 6.53. The number of fused-ring (bicyclic) bond motifs is 1. The predicted molar refractivity (Wildman–Crippen MR) is 90.5 cm³/mol. The van der Waals surface area contributed by atoms with Gasteiger partial charge < -0.3 is 10.1 Å². The zero-order chi connectivity index (χ0) is 13.9. The van der Waals surface area contributed by atoms with E-state index >= 15 is 0 Å². The summed E-state index contributed by atoms with van der Waals surface area (Å²) >= 11 is 0. The van der Waals surface area contributed by atoms with Crippen LogP contribution < -0.4 is 10.1 Å². The summed E-state index contributed by atoms with van der Waals surface area (Å²) in [6.07, 6.45) is 1.84. The summed E-state index contributed by atoms with van der Waals surface area (Å²) in [4.78, 5) is 4.42. The summed E-state index contributed by atoms with van der Waals surface area (Å²) < 4.78 is 5.25. The van der Waals surface area contributed by atoms with Crippen LogP contribution in [0.1, 0.15) is 0 Å². The SMILES string of the molecule is CNc1ccc(-c2ccnc3cc(OC)ccc23)cc1.Cl. The fourth-order valence-electron chi connectivity index (χ4n) is 2.32. The lowest BCUT2D eigenvalue weighted by molar-refractivity contribution is 0.415. The van der Waals surface area contributed by atoms with Crippen LogP contribution >= 0.6 is 12.4 Å². The Labute approximate surface area is 130 Å². The van der Waals surface area contributed by atoms with Gasteiger partial charge in [0.05, 0.1) is 12.6 Å². The van der Waals surface area contributed by atoms with Crippen molar-refractivity contribution < 1.29 is 4.74 Å². The van der Waals surface area contributed by atoms with Crippen LogP contribution in [0.5, 0.6) is 5.75 Å². The van der Waals surface area contributed by atoms with Gasteiger partial charge in [-0.2, -0.15) is 0 Å². The van der Waals surface area contributed by atoms with Gasteiger partial charge in [-0.1, -0.05) is 12.1 Å². The first kappa shape index (κ1) is 15.1. The second kappa shape index (κ2) is 6.46. The van der Waals surface area contributed by atoms with Crippen molar-refractivity contribution in [3.8, 4) is 16.9 Å². The Morgan fingerprint density at radius 3 is 2.43 bits per heavy atom. The minimum atomic E-state index is 0. The van der Waals surface area contributed by atoms with Crippen molar-refractivity contribution in [3.05, 3.63) is 54.7 Å². The summed E-state index contributed by atoms with van der Waals surface area (Å²) in [7, 11) is 3.59. The Kier molecular flexibility index (Phi) is 4.66. The Balaban J connectivity index is 0.00000161. The van der Waals surface area contributed by atoms with Gasteiger partial charge in [0.25, 0.3) is 0 Å². The van der Waals surface area contributed by atoms with Crippen LogP contribution in [0.2, 0.25) is 0 Å². The number of hydrogen-bond donors (Lipinski definition) is 1. The zero-order valence-corrected chi connectivity index (χ0v) is 12.8. The molecule has 0 amide bonds. The molecule has 108 valence electrons. The number of aromatic nitrogens is 1. The van der Waals surface area contributed by atoms with Gasteiger partial charge in [0.1, 0.15) is 5.75 Å². The highest BCUT2D eigenvalue weighted by Crippen LogP contribution is 2.30. The average Bonchev–Trinajstić information content (AvgIpc) is 2.54. The molecule has 21 heavy (non-hydrogen) atoms. The van der Waals surface area contributed by atoms with Crippen molar-refractivity contribution in [2.24, 2.45) is 0 Å². The molecule has 2 aromatic carbocycles. The van der Waals surface area contributed by atoms with Crippen LogP contribution in [0.3, 0.4) is 0 Å². The van der Waals surface area contributed by atoms with E-state index in [1.807, 2.05) is 31.4 Å². The van der Waals surface area contributed by atoms with Gasteiger partial charge in [-0.05, 0) is 41.5 Å². The highest BCUT2D eigenvalue weighted by atomic mass is 35.5. The lowest BCUT2D eigenvalue weighted by Crippen LogP contribution is -1.89. The Morgan fingerprint density at radius 1 is 1.00 bits per heavy atom. The van der Waals surface area contributed by atoms with E-state index in [1.54, 1.807) is 7.11 Å². The average molecular weight is 301 g/mol. The van der Waals surface area contributed by atoms with Crippen molar-refractivity contribution in [3.63, 3.8) is 0 Å². The fourth-order valence-corrected chi connectivity index (χ4v) is 2.32. The Bertz CT molecular complexity index is 741. The predicted octanol–water partition coefficient (Wildman–Crippen LogP) is 4.37.